The number of phenolic OH excluding ortho intramolecular Hbond substituents is 1. The van der Waals surface area contributed by atoms with Crippen LogP contribution in [0.2, 0.25) is 0 Å². The second-order valence-corrected chi connectivity index (χ2v) is 5.46. The molecule has 0 aliphatic heterocycles. The van der Waals surface area contributed by atoms with E-state index in [1.807, 2.05) is 0 Å². The first kappa shape index (κ1) is 14.6. The summed E-state index contributed by atoms with van der Waals surface area (Å²) < 4.78 is 0. The number of carbonyl (C=O) groups is 2. The molecule has 2 aromatic carbocycles. The van der Waals surface area contributed by atoms with Crippen LogP contribution in [-0.4, -0.2) is 28.4 Å². The van der Waals surface area contributed by atoms with E-state index in [4.69, 9.17) is 10.8 Å². The standard InChI is InChI=1S/C16H13NO4S/c17-12-9(5-6-18)16(22)15(21)11-10(12)13(19)7-3-1-2-4-8(7)14(11)20/h1-4,18,21-22H,5-6,17H2. The van der Waals surface area contributed by atoms with Crippen LogP contribution in [0.15, 0.2) is 29.2 Å². The molecule has 4 N–H and O–H groups in total. The van der Waals surface area contributed by atoms with Crippen LogP contribution in [0.5, 0.6) is 5.75 Å². The van der Waals surface area contributed by atoms with E-state index in [9.17, 15) is 14.7 Å². The first-order valence-corrected chi connectivity index (χ1v) is 7.09. The molecule has 1 aliphatic rings. The molecule has 0 fully saturated rings. The minimum absolute atomic E-state index is 0.0116. The Morgan fingerprint density at radius 2 is 1.59 bits per heavy atom. The second kappa shape index (κ2) is 5.15. The number of hydrogen-bond acceptors (Lipinski definition) is 6. The van der Waals surface area contributed by atoms with Gasteiger partial charge < -0.3 is 15.9 Å². The van der Waals surface area contributed by atoms with Gasteiger partial charge in [0, 0.05) is 23.4 Å². The minimum atomic E-state index is -0.458. The van der Waals surface area contributed by atoms with Crippen LogP contribution in [-0.2, 0) is 6.42 Å². The highest BCUT2D eigenvalue weighted by Gasteiger charge is 2.35. The molecule has 0 spiro atoms. The van der Waals surface area contributed by atoms with Crippen LogP contribution in [0.3, 0.4) is 0 Å². The molecular formula is C16H13NO4S. The summed E-state index contributed by atoms with van der Waals surface area (Å²) in [5.74, 6) is -1.24. The highest BCUT2D eigenvalue weighted by atomic mass is 32.1. The molecule has 6 heteroatoms. The van der Waals surface area contributed by atoms with Crippen molar-refractivity contribution < 1.29 is 19.8 Å². The molecule has 0 radical (unpaired) electrons. The van der Waals surface area contributed by atoms with E-state index in [1.165, 1.54) is 6.07 Å². The monoisotopic (exact) mass is 315 g/mol. The first-order valence-electron chi connectivity index (χ1n) is 6.64. The normalized spacial score (nSPS) is 13.0. The molecule has 0 heterocycles. The van der Waals surface area contributed by atoms with Gasteiger partial charge in [0.2, 0.25) is 0 Å². The largest absolute Gasteiger partial charge is 0.506 e. The Balaban J connectivity index is 2.38. The number of benzene rings is 2. The number of fused-ring (bicyclic) bond motifs is 2. The number of hydrogen-bond donors (Lipinski definition) is 4. The summed E-state index contributed by atoms with van der Waals surface area (Å²) in [5.41, 5.74) is 6.83. The topological polar surface area (TPSA) is 101 Å². The van der Waals surface area contributed by atoms with Crippen molar-refractivity contribution in [3.05, 3.63) is 52.1 Å². The van der Waals surface area contributed by atoms with Crippen molar-refractivity contribution in [3.63, 3.8) is 0 Å². The fraction of sp³-hybridized carbons (Fsp3) is 0.125. The quantitative estimate of drug-likeness (QED) is 0.327. The molecule has 2 aromatic rings. The number of nitrogens with two attached hydrogens (primary N) is 1. The fourth-order valence-corrected chi connectivity index (χ4v) is 3.11. The lowest BCUT2D eigenvalue weighted by Gasteiger charge is -2.23. The zero-order valence-electron chi connectivity index (χ0n) is 11.5. The van der Waals surface area contributed by atoms with Crippen LogP contribution in [0.4, 0.5) is 5.69 Å². The molecule has 0 saturated carbocycles. The Morgan fingerprint density at radius 3 is 2.14 bits per heavy atom. The molecule has 0 bridgehead atoms. The number of carbonyl (C=O) groups excluding carboxylic acids is 2. The maximum atomic E-state index is 12.7. The van der Waals surface area contributed by atoms with Gasteiger partial charge in [-0.25, -0.2) is 0 Å². The highest BCUT2D eigenvalue weighted by molar-refractivity contribution is 7.80. The van der Waals surface area contributed by atoms with Crippen molar-refractivity contribution in [3.8, 4) is 5.75 Å². The van der Waals surface area contributed by atoms with E-state index in [1.54, 1.807) is 18.2 Å². The number of nitrogen functional groups attached to an aromatic ring is 1. The van der Waals surface area contributed by atoms with Crippen molar-refractivity contribution in [2.24, 2.45) is 0 Å². The van der Waals surface area contributed by atoms with E-state index in [0.717, 1.165) is 0 Å². The molecule has 22 heavy (non-hydrogen) atoms. The van der Waals surface area contributed by atoms with Crippen LogP contribution in [0, 0.1) is 0 Å². The molecule has 0 amide bonds. The van der Waals surface area contributed by atoms with Gasteiger partial charge in [0.05, 0.1) is 16.0 Å². The molecule has 112 valence electrons. The Kier molecular flexibility index (Phi) is 3.42. The number of thiol groups is 1. The zero-order valence-corrected chi connectivity index (χ0v) is 12.4. The second-order valence-electron chi connectivity index (χ2n) is 5.02. The SMILES string of the molecule is Nc1c(CCO)c(S)c(O)c2c1C(=O)c1ccccc1C2=O. The summed E-state index contributed by atoms with van der Waals surface area (Å²) >= 11 is 4.18. The number of ketones is 2. The van der Waals surface area contributed by atoms with Crippen LogP contribution in [0.25, 0.3) is 0 Å². The fourth-order valence-electron chi connectivity index (χ4n) is 2.76. The lowest BCUT2D eigenvalue weighted by molar-refractivity contribution is 0.0976. The number of anilines is 1. The Hall–Kier alpha value is -2.31. The molecule has 3 rings (SSSR count). The molecule has 5 nitrogen and oxygen atoms in total. The summed E-state index contributed by atoms with van der Waals surface area (Å²) in [6.07, 6.45) is 0.134. The number of rotatable bonds is 2. The third-order valence-corrected chi connectivity index (χ3v) is 4.31. The third kappa shape index (κ3) is 1.84. The van der Waals surface area contributed by atoms with Crippen molar-refractivity contribution in [2.75, 3.05) is 12.3 Å². The average molecular weight is 315 g/mol. The van der Waals surface area contributed by atoms with E-state index >= 15 is 0 Å². The third-order valence-electron chi connectivity index (χ3n) is 3.82. The lowest BCUT2D eigenvalue weighted by atomic mass is 9.81. The molecular weight excluding hydrogens is 302 g/mol. The van der Waals surface area contributed by atoms with Crippen molar-refractivity contribution in [1.82, 2.24) is 0 Å². The van der Waals surface area contributed by atoms with Crippen molar-refractivity contribution in [2.45, 2.75) is 11.3 Å². The molecule has 0 unspecified atom stereocenters. The van der Waals surface area contributed by atoms with Crippen LogP contribution < -0.4 is 5.73 Å². The lowest BCUT2D eigenvalue weighted by Crippen LogP contribution is -2.23. The van der Waals surface area contributed by atoms with Gasteiger partial charge in [-0.15, -0.1) is 12.6 Å². The number of phenols is 1. The summed E-state index contributed by atoms with van der Waals surface area (Å²) in [7, 11) is 0. The molecule has 0 saturated heterocycles. The van der Waals surface area contributed by atoms with Crippen molar-refractivity contribution in [1.29, 1.82) is 0 Å². The van der Waals surface area contributed by atoms with Gasteiger partial charge in [-0.05, 0) is 12.0 Å². The summed E-state index contributed by atoms with van der Waals surface area (Å²) in [5, 5.41) is 19.4. The molecule has 0 aromatic heterocycles. The highest BCUT2D eigenvalue weighted by Crippen LogP contribution is 2.42. The zero-order chi connectivity index (χ0) is 16.0. The van der Waals surface area contributed by atoms with Crippen LogP contribution >= 0.6 is 12.6 Å². The van der Waals surface area contributed by atoms with Crippen molar-refractivity contribution >= 4 is 29.9 Å². The molecule has 1 aliphatic carbocycles. The first-order chi connectivity index (χ1) is 10.5. The van der Waals surface area contributed by atoms with E-state index in [-0.39, 0.29) is 51.6 Å². The van der Waals surface area contributed by atoms with E-state index in [0.29, 0.717) is 5.56 Å². The summed E-state index contributed by atoms with van der Waals surface area (Å²) in [6.45, 7) is -0.214. The Labute approximate surface area is 131 Å². The van der Waals surface area contributed by atoms with Gasteiger partial charge in [0.25, 0.3) is 0 Å². The van der Waals surface area contributed by atoms with Gasteiger partial charge in [0.15, 0.2) is 11.6 Å². The maximum absolute atomic E-state index is 12.7. The number of aromatic hydroxyl groups is 1. The number of aliphatic hydroxyl groups is 1. The minimum Gasteiger partial charge on any atom is -0.506 e. The summed E-state index contributed by atoms with van der Waals surface area (Å²) in [4.78, 5) is 25.4. The van der Waals surface area contributed by atoms with Gasteiger partial charge in [-0.2, -0.15) is 0 Å². The maximum Gasteiger partial charge on any atom is 0.198 e. The van der Waals surface area contributed by atoms with E-state index < -0.39 is 11.6 Å². The predicted octanol–water partition coefficient (Wildman–Crippen LogP) is 1.57. The number of aliphatic hydroxyl groups excluding tert-OH is 1. The predicted molar refractivity (Wildman–Crippen MR) is 83.9 cm³/mol. The van der Waals surface area contributed by atoms with Gasteiger partial charge in [-0.1, -0.05) is 24.3 Å². The summed E-state index contributed by atoms with van der Waals surface area (Å²) in [6, 6.07) is 6.40. The van der Waals surface area contributed by atoms with E-state index in [2.05, 4.69) is 12.6 Å². The Morgan fingerprint density at radius 1 is 1.05 bits per heavy atom. The van der Waals surface area contributed by atoms with Gasteiger partial charge >= 0.3 is 0 Å². The Bertz CT molecular complexity index is 829. The smallest absolute Gasteiger partial charge is 0.198 e. The van der Waals surface area contributed by atoms with Gasteiger partial charge in [0.1, 0.15) is 5.75 Å². The van der Waals surface area contributed by atoms with Crippen LogP contribution in [0.1, 0.15) is 37.4 Å². The van der Waals surface area contributed by atoms with Gasteiger partial charge in [-0.3, -0.25) is 9.59 Å². The molecule has 0 atom stereocenters. The average Bonchev–Trinajstić information content (AvgIpc) is 2.52.